The lowest BCUT2D eigenvalue weighted by Gasteiger charge is -2.29. The van der Waals surface area contributed by atoms with E-state index in [0.29, 0.717) is 0 Å². The summed E-state index contributed by atoms with van der Waals surface area (Å²) in [6.45, 7) is -5.06. The third-order valence-corrected chi connectivity index (χ3v) is 16.5. The molecule has 0 aliphatic rings. The van der Waals surface area contributed by atoms with E-state index in [1.165, 1.54) is 48.5 Å². The molecule has 0 nitrogen and oxygen atoms in total. The van der Waals surface area contributed by atoms with E-state index in [4.69, 9.17) is 12.6 Å². The second kappa shape index (κ2) is 11.4. The smallest absolute Gasteiger partial charge is 0.123 e. The van der Waals surface area contributed by atoms with Gasteiger partial charge < -0.3 is 0 Å². The zero-order chi connectivity index (χ0) is 33.2. The fourth-order valence-electron chi connectivity index (χ4n) is 6.92. The minimum atomic E-state index is -2.53. The average Bonchev–Trinajstić information content (AvgIpc) is 3.10. The first kappa shape index (κ1) is 30.5. The second-order valence-electron chi connectivity index (χ2n) is 12.2. The molecule has 6 heteroatoms. The van der Waals surface area contributed by atoms with Gasteiger partial charge in [-0.15, -0.1) is 0 Å². The van der Waals surface area contributed by atoms with Crippen molar-refractivity contribution < 1.29 is 17.6 Å². The lowest BCUT2D eigenvalue weighted by atomic mass is 9.94. The van der Waals surface area contributed by atoms with Gasteiger partial charge in [-0.1, -0.05) is 85.4 Å². The Morgan fingerprint density at radius 3 is 0.708 bits per heavy atom. The van der Waals surface area contributed by atoms with Gasteiger partial charge in [0.05, 0.1) is 0 Å². The molecule has 0 saturated carbocycles. The second-order valence-corrected chi connectivity index (χ2v) is 18.5. The molecule has 0 aliphatic carbocycles. The van der Waals surface area contributed by atoms with Crippen LogP contribution >= 0.6 is 13.8 Å². The third-order valence-electron chi connectivity index (χ3n) is 9.45. The summed E-state index contributed by atoms with van der Waals surface area (Å²) in [6.07, 6.45) is 9.60. The summed E-state index contributed by atoms with van der Waals surface area (Å²) in [6, 6.07) is 42.9. The number of hydrogen-bond acceptors (Lipinski definition) is 0. The Morgan fingerprint density at radius 1 is 0.292 bits per heavy atom. The molecule has 0 bridgehead atoms. The zero-order valence-corrected chi connectivity index (χ0v) is 27.5. The van der Waals surface area contributed by atoms with Gasteiger partial charge in [-0.3, -0.25) is 0 Å². The van der Waals surface area contributed by atoms with Crippen LogP contribution in [0.15, 0.2) is 146 Å². The number of hydrogen-bond donors (Lipinski definition) is 0. The highest BCUT2D eigenvalue weighted by Gasteiger charge is 2.26. The van der Waals surface area contributed by atoms with Crippen LogP contribution in [0.4, 0.5) is 17.6 Å². The molecule has 48 heavy (non-hydrogen) atoms. The highest BCUT2D eigenvalue weighted by atomic mass is 31.2. The van der Waals surface area contributed by atoms with Crippen molar-refractivity contribution in [3.63, 3.8) is 0 Å². The molecule has 8 rings (SSSR count). The Kier molecular flexibility index (Phi) is 7.22. The molecular weight excluding hydrogens is 642 g/mol. The summed E-state index contributed by atoms with van der Waals surface area (Å²) in [4.78, 5) is 0. The highest BCUT2D eigenvalue weighted by Crippen LogP contribution is 2.47. The van der Waals surface area contributed by atoms with Crippen LogP contribution in [0, 0.1) is 23.3 Å². The maximum Gasteiger partial charge on any atom is 0.123 e. The first-order valence-corrected chi connectivity index (χ1v) is 19.3. The van der Waals surface area contributed by atoms with Crippen molar-refractivity contribution in [2.75, 3.05) is 0 Å². The molecule has 0 saturated heterocycles. The minimum Gasteiger partial charge on any atom is -0.207 e. The molecule has 0 fully saturated rings. The van der Waals surface area contributed by atoms with Gasteiger partial charge >= 0.3 is 0 Å². The van der Waals surface area contributed by atoms with Crippen molar-refractivity contribution in [3.05, 3.63) is 169 Å². The Bertz CT molecular complexity index is 2220. The molecule has 0 spiro atoms. The first-order valence-electron chi connectivity index (χ1n) is 15.4. The monoisotopic (exact) mass is 670 g/mol. The minimum absolute atomic E-state index is 0.327. The van der Waals surface area contributed by atoms with Crippen LogP contribution in [0.5, 0.6) is 0 Å². The van der Waals surface area contributed by atoms with Crippen molar-refractivity contribution >= 4 is 90.5 Å². The molecule has 0 aliphatic heterocycles. The molecular formula is C42H28F4P2. The molecule has 0 unspecified atom stereocenters. The number of halogens is 4. The van der Waals surface area contributed by atoms with E-state index in [1.54, 1.807) is 48.5 Å². The molecule has 0 amide bonds. The predicted octanol–water partition coefficient (Wildman–Crippen LogP) is 8.59. The molecule has 0 radical (unpaired) electrons. The van der Waals surface area contributed by atoms with E-state index in [9.17, 15) is 17.6 Å². The standard InChI is InChI=1S/C42H28F4P2/c1-47(35-15-7-31(43)8-16-35,36-17-9-32(44)10-18-36)39-23-27-3-5-29-25-40(26-30-6-4-28(24-39)41(27)42(29)30)48(2,37-19-11-33(45)12-20-37)38-21-13-34(46)14-22-38/h3-26H,1-2H2. The molecule has 0 atom stereocenters. The Morgan fingerprint density at radius 2 is 0.500 bits per heavy atom. The van der Waals surface area contributed by atoms with E-state index in [2.05, 4.69) is 48.5 Å². The third kappa shape index (κ3) is 4.83. The van der Waals surface area contributed by atoms with Gasteiger partial charge in [0.1, 0.15) is 23.3 Å². The Balaban J connectivity index is 1.35. The number of rotatable bonds is 6. The topological polar surface area (TPSA) is 0 Å². The van der Waals surface area contributed by atoms with E-state index in [0.717, 1.165) is 64.1 Å². The largest absolute Gasteiger partial charge is 0.207 e. The van der Waals surface area contributed by atoms with Crippen LogP contribution in [-0.2, 0) is 0 Å². The fourth-order valence-corrected chi connectivity index (χ4v) is 12.8. The molecule has 0 N–H and O–H groups in total. The van der Waals surface area contributed by atoms with Gasteiger partial charge in [0, 0.05) is 0 Å². The van der Waals surface area contributed by atoms with Crippen molar-refractivity contribution in [2.24, 2.45) is 0 Å². The van der Waals surface area contributed by atoms with Crippen LogP contribution in [0.2, 0.25) is 0 Å². The lowest BCUT2D eigenvalue weighted by Crippen LogP contribution is -2.26. The van der Waals surface area contributed by atoms with Crippen LogP contribution in [0.1, 0.15) is 0 Å². The summed E-state index contributed by atoms with van der Waals surface area (Å²) >= 11 is 0. The Labute approximate surface area is 276 Å². The summed E-state index contributed by atoms with van der Waals surface area (Å²) in [5.41, 5.74) is 0. The van der Waals surface area contributed by atoms with E-state index in [1.807, 2.05) is 0 Å². The van der Waals surface area contributed by atoms with E-state index in [-0.39, 0.29) is 23.3 Å². The molecule has 0 aromatic heterocycles. The van der Waals surface area contributed by atoms with Crippen LogP contribution in [0.3, 0.4) is 0 Å². The highest BCUT2D eigenvalue weighted by molar-refractivity contribution is 7.93. The molecule has 0 heterocycles. The maximum atomic E-state index is 14.0. The lowest BCUT2D eigenvalue weighted by molar-refractivity contribution is 0.628. The fraction of sp³-hybridized carbons (Fsp3) is 0. The van der Waals surface area contributed by atoms with Crippen LogP contribution < -0.4 is 31.8 Å². The molecule has 8 aromatic carbocycles. The van der Waals surface area contributed by atoms with Gasteiger partial charge in [0.25, 0.3) is 0 Å². The van der Waals surface area contributed by atoms with Crippen molar-refractivity contribution in [2.45, 2.75) is 0 Å². The van der Waals surface area contributed by atoms with Gasteiger partial charge in [-0.25, -0.2) is 17.6 Å². The SMILES string of the molecule is C=P(c1ccc(F)cc1)(c1ccc(F)cc1)c1cc2ccc3cc(P(=C)(c4ccc(F)cc4)c4ccc(F)cc4)cc4ccc(c1)c2c34. The molecule has 234 valence electrons. The molecule has 8 aromatic rings. The van der Waals surface area contributed by atoms with E-state index >= 15 is 0 Å². The van der Waals surface area contributed by atoms with Crippen molar-refractivity contribution in [1.29, 1.82) is 0 Å². The normalized spacial score (nSPS) is 12.3. The van der Waals surface area contributed by atoms with Gasteiger partial charge in [-0.05, 0) is 151 Å². The summed E-state index contributed by atoms with van der Waals surface area (Å²) < 4.78 is 56.2. The summed E-state index contributed by atoms with van der Waals surface area (Å²) in [5, 5.41) is 12.0. The summed E-state index contributed by atoms with van der Waals surface area (Å²) in [7, 11) is 0. The number of benzene rings is 8. The Hall–Kier alpha value is -4.88. The van der Waals surface area contributed by atoms with Gasteiger partial charge in [0.15, 0.2) is 0 Å². The van der Waals surface area contributed by atoms with Gasteiger partial charge in [-0.2, -0.15) is 0 Å². The predicted molar refractivity (Wildman–Crippen MR) is 202 cm³/mol. The van der Waals surface area contributed by atoms with Crippen molar-refractivity contribution in [3.8, 4) is 0 Å². The van der Waals surface area contributed by atoms with Crippen LogP contribution in [-0.4, -0.2) is 12.6 Å². The van der Waals surface area contributed by atoms with Crippen molar-refractivity contribution in [1.82, 2.24) is 0 Å². The van der Waals surface area contributed by atoms with Crippen LogP contribution in [0.25, 0.3) is 32.3 Å². The van der Waals surface area contributed by atoms with E-state index < -0.39 is 13.8 Å². The summed E-state index contributed by atoms with van der Waals surface area (Å²) in [5.74, 6) is -1.31. The average molecular weight is 671 g/mol. The maximum absolute atomic E-state index is 14.0. The first-order chi connectivity index (χ1) is 23.1. The quantitative estimate of drug-likeness (QED) is 0.0945. The zero-order valence-electron chi connectivity index (χ0n) is 25.7. The van der Waals surface area contributed by atoms with Gasteiger partial charge in [0.2, 0.25) is 0 Å².